The van der Waals surface area contributed by atoms with Crippen LogP contribution >= 0.6 is 0 Å². The second-order valence-corrected chi connectivity index (χ2v) is 8.09. The van der Waals surface area contributed by atoms with Gasteiger partial charge in [0.15, 0.2) is 0 Å². The van der Waals surface area contributed by atoms with E-state index in [9.17, 15) is 9.59 Å². The van der Waals surface area contributed by atoms with Gasteiger partial charge in [-0.1, -0.05) is 30.4 Å². The molecule has 5 heteroatoms. The SMILES string of the molecule is CN(Cc1ccccc1N1CCCCC1)CN1C(=O)[C@H]2CC=CC[C@@H]2C1=O. The van der Waals surface area contributed by atoms with Crippen LogP contribution in [-0.4, -0.2) is 48.4 Å². The number of carbonyl (C=O) groups is 2. The molecule has 2 atom stereocenters. The predicted octanol–water partition coefficient (Wildman–Crippen LogP) is 3.02. The van der Waals surface area contributed by atoms with E-state index in [4.69, 9.17) is 0 Å². The normalized spacial score (nSPS) is 25.4. The van der Waals surface area contributed by atoms with Crippen LogP contribution in [0.2, 0.25) is 0 Å². The Labute approximate surface area is 161 Å². The minimum absolute atomic E-state index is 0.00511. The van der Waals surface area contributed by atoms with Gasteiger partial charge in [0.1, 0.15) is 0 Å². The maximum Gasteiger partial charge on any atom is 0.234 e. The van der Waals surface area contributed by atoms with Crippen molar-refractivity contribution in [2.75, 3.05) is 31.7 Å². The number of anilines is 1. The number of piperidine rings is 1. The quantitative estimate of drug-likeness (QED) is 0.593. The number of amides is 2. The van der Waals surface area contributed by atoms with E-state index >= 15 is 0 Å². The summed E-state index contributed by atoms with van der Waals surface area (Å²) in [7, 11) is 1.99. The lowest BCUT2D eigenvalue weighted by molar-refractivity contribution is -0.142. The molecule has 144 valence electrons. The number of imide groups is 1. The molecule has 1 aromatic carbocycles. The number of para-hydroxylation sites is 1. The van der Waals surface area contributed by atoms with Gasteiger partial charge in [-0.05, 0) is 50.8 Å². The molecule has 2 saturated heterocycles. The minimum atomic E-state index is -0.142. The summed E-state index contributed by atoms with van der Waals surface area (Å²) in [6.45, 7) is 3.33. The molecule has 0 radical (unpaired) electrons. The Morgan fingerprint density at radius 2 is 1.59 bits per heavy atom. The molecule has 1 aliphatic carbocycles. The molecule has 2 amide bonds. The van der Waals surface area contributed by atoms with Crippen LogP contribution in [0.3, 0.4) is 0 Å². The lowest BCUT2D eigenvalue weighted by Gasteiger charge is -2.32. The summed E-state index contributed by atoms with van der Waals surface area (Å²) in [4.78, 5) is 31.4. The molecule has 0 bridgehead atoms. The fourth-order valence-corrected chi connectivity index (χ4v) is 4.68. The van der Waals surface area contributed by atoms with Crippen LogP contribution < -0.4 is 4.90 Å². The van der Waals surface area contributed by atoms with Crippen molar-refractivity contribution >= 4 is 17.5 Å². The molecule has 4 rings (SSSR count). The summed E-state index contributed by atoms with van der Waals surface area (Å²) in [5.41, 5.74) is 2.56. The Bertz CT molecular complexity index is 713. The van der Waals surface area contributed by atoms with Gasteiger partial charge in [0.05, 0.1) is 18.5 Å². The summed E-state index contributed by atoms with van der Waals surface area (Å²) < 4.78 is 0. The van der Waals surface area contributed by atoms with Gasteiger partial charge < -0.3 is 4.90 Å². The van der Waals surface area contributed by atoms with Crippen molar-refractivity contribution in [1.29, 1.82) is 0 Å². The molecule has 1 aromatic rings. The molecular formula is C22H29N3O2. The third-order valence-corrected chi connectivity index (χ3v) is 6.11. The van der Waals surface area contributed by atoms with Crippen molar-refractivity contribution < 1.29 is 9.59 Å². The second-order valence-electron chi connectivity index (χ2n) is 8.09. The highest BCUT2D eigenvalue weighted by Crippen LogP contribution is 2.35. The first-order valence-electron chi connectivity index (χ1n) is 10.2. The van der Waals surface area contributed by atoms with Crippen LogP contribution in [0.1, 0.15) is 37.7 Å². The summed E-state index contributed by atoms with van der Waals surface area (Å²) in [6.07, 6.45) is 9.29. The molecule has 0 spiro atoms. The largest absolute Gasteiger partial charge is 0.371 e. The first kappa shape index (κ1) is 18.2. The number of allylic oxidation sites excluding steroid dienone is 2. The number of fused-ring (bicyclic) bond motifs is 1. The Balaban J connectivity index is 1.43. The van der Waals surface area contributed by atoms with Crippen LogP contribution in [0, 0.1) is 11.8 Å². The zero-order valence-corrected chi connectivity index (χ0v) is 16.1. The van der Waals surface area contributed by atoms with Gasteiger partial charge in [0, 0.05) is 25.3 Å². The first-order chi connectivity index (χ1) is 13.1. The van der Waals surface area contributed by atoms with Crippen molar-refractivity contribution in [2.24, 2.45) is 11.8 Å². The molecule has 2 fully saturated rings. The Morgan fingerprint density at radius 1 is 0.963 bits per heavy atom. The molecular weight excluding hydrogens is 338 g/mol. The summed E-state index contributed by atoms with van der Waals surface area (Å²) >= 11 is 0. The minimum Gasteiger partial charge on any atom is -0.371 e. The third kappa shape index (κ3) is 3.65. The van der Waals surface area contributed by atoms with Crippen molar-refractivity contribution in [3.63, 3.8) is 0 Å². The number of hydrogen-bond acceptors (Lipinski definition) is 4. The molecule has 3 aliphatic rings. The van der Waals surface area contributed by atoms with Crippen LogP contribution in [0.25, 0.3) is 0 Å². The van der Waals surface area contributed by atoms with E-state index < -0.39 is 0 Å². The highest BCUT2D eigenvalue weighted by Gasteiger charge is 2.47. The third-order valence-electron chi connectivity index (χ3n) is 6.11. The van der Waals surface area contributed by atoms with Crippen LogP contribution in [0.15, 0.2) is 36.4 Å². The summed E-state index contributed by atoms with van der Waals surface area (Å²) in [6, 6.07) is 8.53. The summed E-state index contributed by atoms with van der Waals surface area (Å²) in [5, 5.41) is 0. The molecule has 5 nitrogen and oxygen atoms in total. The topological polar surface area (TPSA) is 43.9 Å². The van der Waals surface area contributed by atoms with Gasteiger partial charge in [-0.2, -0.15) is 0 Å². The van der Waals surface area contributed by atoms with Gasteiger partial charge in [0.2, 0.25) is 11.8 Å². The van der Waals surface area contributed by atoms with Crippen LogP contribution in [-0.2, 0) is 16.1 Å². The van der Waals surface area contributed by atoms with Crippen molar-refractivity contribution in [3.8, 4) is 0 Å². The maximum absolute atomic E-state index is 12.7. The molecule has 2 aliphatic heterocycles. The summed E-state index contributed by atoms with van der Waals surface area (Å²) in [5.74, 6) is -0.274. The van der Waals surface area contributed by atoms with Gasteiger partial charge in [0.25, 0.3) is 0 Å². The van der Waals surface area contributed by atoms with Gasteiger partial charge in [-0.15, -0.1) is 0 Å². The van der Waals surface area contributed by atoms with Gasteiger partial charge >= 0.3 is 0 Å². The lowest BCUT2D eigenvalue weighted by Crippen LogP contribution is -2.40. The predicted molar refractivity (Wildman–Crippen MR) is 106 cm³/mol. The van der Waals surface area contributed by atoms with Crippen molar-refractivity contribution in [3.05, 3.63) is 42.0 Å². The van der Waals surface area contributed by atoms with Crippen molar-refractivity contribution in [1.82, 2.24) is 9.80 Å². The zero-order valence-electron chi connectivity index (χ0n) is 16.1. The number of hydrogen-bond donors (Lipinski definition) is 0. The van der Waals surface area contributed by atoms with E-state index in [0.717, 1.165) is 19.6 Å². The standard InChI is InChI=1S/C22H29N3O2/c1-23(16-25-21(26)18-10-4-5-11-19(18)22(25)27)15-17-9-3-6-12-20(17)24-13-7-2-8-14-24/h3-6,9,12,18-19H,2,7-8,10-11,13-16H2,1H3/t18-,19-/m0/s1. The number of nitrogens with zero attached hydrogens (tertiary/aromatic N) is 3. The number of carbonyl (C=O) groups excluding carboxylic acids is 2. The number of rotatable bonds is 5. The fourth-order valence-electron chi connectivity index (χ4n) is 4.68. The average molecular weight is 367 g/mol. The van der Waals surface area contributed by atoms with E-state index in [2.05, 4.69) is 34.1 Å². The molecule has 27 heavy (non-hydrogen) atoms. The zero-order chi connectivity index (χ0) is 18.8. The molecule has 0 unspecified atom stereocenters. The maximum atomic E-state index is 12.7. The van der Waals surface area contributed by atoms with E-state index in [1.165, 1.54) is 35.4 Å². The van der Waals surface area contributed by atoms with E-state index in [1.807, 2.05) is 19.2 Å². The number of likely N-dealkylation sites (tertiary alicyclic amines) is 1. The average Bonchev–Trinajstić information content (AvgIpc) is 2.94. The highest BCUT2D eigenvalue weighted by molar-refractivity contribution is 6.05. The Hall–Kier alpha value is -2.14. The van der Waals surface area contributed by atoms with Gasteiger partial charge in [-0.3, -0.25) is 19.4 Å². The van der Waals surface area contributed by atoms with E-state index in [0.29, 0.717) is 19.5 Å². The van der Waals surface area contributed by atoms with Crippen molar-refractivity contribution in [2.45, 2.75) is 38.6 Å². The Morgan fingerprint density at radius 3 is 2.26 bits per heavy atom. The monoisotopic (exact) mass is 367 g/mol. The lowest BCUT2D eigenvalue weighted by atomic mass is 9.85. The molecule has 0 N–H and O–H groups in total. The molecule has 0 saturated carbocycles. The molecule has 2 heterocycles. The van der Waals surface area contributed by atoms with Crippen LogP contribution in [0.4, 0.5) is 5.69 Å². The first-order valence-corrected chi connectivity index (χ1v) is 10.2. The van der Waals surface area contributed by atoms with Gasteiger partial charge in [-0.25, -0.2) is 0 Å². The molecule has 0 aromatic heterocycles. The second kappa shape index (κ2) is 7.85. The smallest absolute Gasteiger partial charge is 0.234 e. The van der Waals surface area contributed by atoms with E-state index in [-0.39, 0.29) is 23.7 Å². The highest BCUT2D eigenvalue weighted by atomic mass is 16.2. The fraction of sp³-hybridized carbons (Fsp3) is 0.545. The van der Waals surface area contributed by atoms with Crippen LogP contribution in [0.5, 0.6) is 0 Å². The number of benzene rings is 1. The van der Waals surface area contributed by atoms with E-state index in [1.54, 1.807) is 0 Å². The Kier molecular flexibility index (Phi) is 5.30.